The van der Waals surface area contributed by atoms with Crippen molar-refractivity contribution < 1.29 is 80.5 Å². The number of rotatable bonds is 17. The molecule has 260 valence electrons. The molecule has 0 spiro atoms. The van der Waals surface area contributed by atoms with Gasteiger partial charge in [0.25, 0.3) is 0 Å². The average Bonchev–Trinajstić information content (AvgIpc) is 2.88. The number of halogens is 15. The first-order chi connectivity index (χ1) is 18.9. The first-order valence-corrected chi connectivity index (χ1v) is 13.4. The zero-order valence-corrected chi connectivity index (χ0v) is 25.0. The third kappa shape index (κ3) is 8.35. The molecule has 19 heteroatoms. The maximum absolute atomic E-state index is 12.8. The number of hydrogen-bond donors (Lipinski definition) is 1. The Kier molecular flexibility index (Phi) is 15.3. The summed E-state index contributed by atoms with van der Waals surface area (Å²) in [6, 6.07) is 0. The number of carboxylic acid groups (broad SMARTS) is 1. The van der Waals surface area contributed by atoms with Crippen LogP contribution in [0, 0.1) is 5.41 Å². The van der Waals surface area contributed by atoms with Gasteiger partial charge in [-0.3, -0.25) is 0 Å². The third-order valence-corrected chi connectivity index (χ3v) is 8.27. The number of ether oxygens (including phenoxy) is 1. The second-order valence-corrected chi connectivity index (χ2v) is 11.1. The summed E-state index contributed by atoms with van der Waals surface area (Å²) >= 11 is 0. The van der Waals surface area contributed by atoms with Crippen LogP contribution < -0.4 is 0 Å². The maximum atomic E-state index is 12.8. The topological polar surface area (TPSA) is 46.5 Å². The largest absolute Gasteiger partial charge is 0.477 e. The van der Waals surface area contributed by atoms with E-state index in [1.165, 1.54) is 51.4 Å². The Labute approximate surface area is 241 Å². The Hall–Kier alpha value is -1.19. The molecule has 1 N–H and O–H groups in total. The molecule has 0 aliphatic rings. The fourth-order valence-corrected chi connectivity index (χ4v) is 4.37. The zero-order valence-electron chi connectivity index (χ0n) is 23.9. The molecule has 0 saturated carbocycles. The van der Waals surface area contributed by atoms with Crippen LogP contribution in [0.4, 0.5) is 65.9 Å². The molecule has 0 heterocycles. The minimum Gasteiger partial charge on any atom is -0.477 e. The highest BCUT2D eigenvalue weighted by Gasteiger charge is 2.94. The van der Waals surface area contributed by atoms with Crippen LogP contribution in [0.5, 0.6) is 0 Å². The maximum Gasteiger partial charge on any atom is 0.460 e. The molecular formula is C24H36F15O3P. The Balaban J connectivity index is 0. The zero-order chi connectivity index (χ0) is 35.1. The van der Waals surface area contributed by atoms with Crippen LogP contribution in [0.25, 0.3) is 0 Å². The number of carbonyl (C=O) groups is 1. The molecule has 2 atom stereocenters. The highest BCUT2D eigenvalue weighted by atomic mass is 31.0. The van der Waals surface area contributed by atoms with E-state index in [1.807, 2.05) is 7.11 Å². The summed E-state index contributed by atoms with van der Waals surface area (Å²) in [7, 11) is 4.94. The van der Waals surface area contributed by atoms with Crippen molar-refractivity contribution >= 4 is 15.2 Å². The van der Waals surface area contributed by atoms with Crippen molar-refractivity contribution in [1.29, 1.82) is 0 Å². The van der Waals surface area contributed by atoms with Crippen LogP contribution in [0.15, 0.2) is 0 Å². The fraction of sp³-hybridized carbons (Fsp3) is 0.958. The van der Waals surface area contributed by atoms with Gasteiger partial charge in [-0.05, 0) is 24.7 Å². The molecule has 2 unspecified atom stereocenters. The van der Waals surface area contributed by atoms with E-state index in [-0.39, 0.29) is 5.34 Å². The second-order valence-electron chi connectivity index (χ2n) is 10.2. The third-order valence-electron chi connectivity index (χ3n) is 7.05. The van der Waals surface area contributed by atoms with E-state index in [0.717, 1.165) is 6.42 Å². The van der Waals surface area contributed by atoms with E-state index in [4.69, 9.17) is 9.84 Å². The Morgan fingerprint density at radius 1 is 0.605 bits per heavy atom. The lowest BCUT2D eigenvalue weighted by molar-refractivity contribution is -0.450. The Morgan fingerprint density at radius 3 is 1.19 bits per heavy atom. The quantitative estimate of drug-likeness (QED) is 0.122. The molecule has 0 amide bonds. The molecule has 0 aromatic heterocycles. The summed E-state index contributed by atoms with van der Waals surface area (Å²) < 4.78 is 193. The molecule has 0 aromatic carbocycles. The van der Waals surface area contributed by atoms with Gasteiger partial charge in [0.1, 0.15) is 0 Å². The van der Waals surface area contributed by atoms with Gasteiger partial charge in [0.05, 0.1) is 5.34 Å². The summed E-state index contributed by atoms with van der Waals surface area (Å²) in [6.45, 7) is 9.26. The van der Waals surface area contributed by atoms with Crippen molar-refractivity contribution in [3.63, 3.8) is 0 Å². The highest BCUT2D eigenvalue weighted by Crippen LogP contribution is 2.62. The van der Waals surface area contributed by atoms with Crippen LogP contribution in [-0.4, -0.2) is 65.2 Å². The summed E-state index contributed by atoms with van der Waals surface area (Å²) in [5.41, 5.74) is 0.299. The fourth-order valence-electron chi connectivity index (χ4n) is 3.87. The van der Waals surface area contributed by atoms with Crippen molar-refractivity contribution in [2.75, 3.05) is 7.11 Å². The summed E-state index contributed by atoms with van der Waals surface area (Å²) in [6.07, 6.45) is 3.71. The number of aliphatic carboxylic acids is 1. The molecule has 0 aromatic rings. The Bertz CT molecular complexity index is 871. The molecule has 0 fully saturated rings. The molecule has 0 saturated heterocycles. The van der Waals surface area contributed by atoms with Gasteiger partial charge < -0.3 is 9.84 Å². The van der Waals surface area contributed by atoms with Crippen LogP contribution in [0.3, 0.4) is 0 Å². The van der Waals surface area contributed by atoms with Gasteiger partial charge in [0.15, 0.2) is 0 Å². The van der Waals surface area contributed by atoms with Crippen LogP contribution in [-0.2, 0) is 9.53 Å². The molecule has 3 nitrogen and oxygen atoms in total. The van der Waals surface area contributed by atoms with Crippen molar-refractivity contribution in [3.05, 3.63) is 0 Å². The van der Waals surface area contributed by atoms with Gasteiger partial charge >= 0.3 is 47.7 Å². The van der Waals surface area contributed by atoms with E-state index in [9.17, 15) is 70.7 Å². The molecule has 43 heavy (non-hydrogen) atoms. The molecule has 0 rings (SSSR count). The number of methoxy groups -OCH3 is 1. The molecule has 0 aliphatic carbocycles. The number of alkyl halides is 15. The van der Waals surface area contributed by atoms with Crippen molar-refractivity contribution in [2.24, 2.45) is 5.41 Å². The van der Waals surface area contributed by atoms with E-state index in [2.05, 4.69) is 36.9 Å². The Morgan fingerprint density at radius 2 is 0.907 bits per heavy atom. The van der Waals surface area contributed by atoms with Crippen LogP contribution >= 0.6 is 9.24 Å². The van der Waals surface area contributed by atoms with Crippen molar-refractivity contribution in [1.82, 2.24) is 0 Å². The van der Waals surface area contributed by atoms with E-state index < -0.39 is 47.7 Å². The number of hydrogen-bond acceptors (Lipinski definition) is 2. The monoisotopic (exact) mass is 688 g/mol. The van der Waals surface area contributed by atoms with Crippen molar-refractivity contribution in [2.45, 2.75) is 133 Å². The lowest BCUT2D eigenvalue weighted by Crippen LogP contribution is -2.73. The summed E-state index contributed by atoms with van der Waals surface area (Å²) in [4.78, 5) is 9.72. The SMILES string of the molecule is CCCCC(C)(CCCC)C(P)(CCCC)OC.O=C(O)C(F)(F)C(F)(F)C(F)(F)C(F)(F)C(F)(F)C(F)(F)C(F)(F)F. The van der Waals surface area contributed by atoms with Crippen molar-refractivity contribution in [3.8, 4) is 0 Å². The van der Waals surface area contributed by atoms with Crippen LogP contribution in [0.2, 0.25) is 0 Å². The van der Waals surface area contributed by atoms with Gasteiger partial charge in [-0.15, -0.1) is 9.24 Å². The van der Waals surface area contributed by atoms with Gasteiger partial charge in [-0.2, -0.15) is 65.9 Å². The lowest BCUT2D eigenvalue weighted by atomic mass is 9.73. The minimum absolute atomic E-state index is 0.0344. The standard InChI is InChI=1S/C16H35OP.C8HF15O2/c1-6-9-12-15(4,13-10-7-2)16(18,17-5)14-11-8-3;9-2(10,1(24)25)3(11,12)4(13,14)5(15,16)6(17,18)7(19,20)8(21,22)23/h6-14,18H2,1-5H3;(H,24,25). The smallest absolute Gasteiger partial charge is 0.460 e. The highest BCUT2D eigenvalue weighted by molar-refractivity contribution is 7.18. The summed E-state index contributed by atoms with van der Waals surface area (Å²) in [5, 5.41) is 7.54. The molecule has 0 bridgehead atoms. The van der Waals surface area contributed by atoms with Gasteiger partial charge in [0.2, 0.25) is 0 Å². The molecule has 0 radical (unpaired) electrons. The molecule has 0 aliphatic heterocycles. The second kappa shape index (κ2) is 14.9. The number of carboxylic acids is 1. The van der Waals surface area contributed by atoms with Gasteiger partial charge in [-0.25, -0.2) is 4.79 Å². The number of unbranched alkanes of at least 4 members (excludes halogenated alkanes) is 3. The summed E-state index contributed by atoms with van der Waals surface area (Å²) in [5.74, 6) is -52.8. The van der Waals surface area contributed by atoms with Gasteiger partial charge in [0, 0.05) is 7.11 Å². The normalized spacial score (nSPS) is 15.9. The first-order valence-electron chi connectivity index (χ1n) is 12.8. The average molecular weight is 688 g/mol. The first kappa shape index (κ1) is 43.9. The minimum atomic E-state index is -8.47. The predicted octanol–water partition coefficient (Wildman–Crippen LogP) is 10.2. The lowest BCUT2D eigenvalue weighted by Gasteiger charge is -2.46. The van der Waals surface area contributed by atoms with E-state index in [0.29, 0.717) is 5.41 Å². The van der Waals surface area contributed by atoms with Gasteiger partial charge in [-0.1, -0.05) is 66.2 Å². The molecular weight excluding hydrogens is 652 g/mol. The van der Waals surface area contributed by atoms with Crippen LogP contribution in [0.1, 0.15) is 85.5 Å². The van der Waals surface area contributed by atoms with E-state index >= 15 is 0 Å². The predicted molar refractivity (Wildman–Crippen MR) is 130 cm³/mol. The van der Waals surface area contributed by atoms with E-state index in [1.54, 1.807) is 0 Å².